The van der Waals surface area contributed by atoms with Crippen molar-refractivity contribution in [1.82, 2.24) is 0 Å². The Hall–Kier alpha value is 2.28. The Morgan fingerprint density at radius 3 is 1.50 bits per heavy atom. The minimum atomic E-state index is -2.08. The van der Waals surface area contributed by atoms with Gasteiger partial charge in [0, 0.05) is 0 Å². The molecule has 0 aromatic heterocycles. The molecule has 0 aliphatic heterocycles. The maximum Gasteiger partial charge on any atom is 1.00 e. The molecule has 50 valence electrons. The van der Waals surface area contributed by atoms with Crippen molar-refractivity contribution >= 4 is 6.16 Å². The molecule has 0 radical (unpaired) electrons. The molecule has 0 saturated carbocycles. The molecule has 0 heterocycles. The Kier molecular flexibility index (Phi) is 39.6. The third-order valence-electron chi connectivity index (χ3n) is 0. The van der Waals surface area contributed by atoms with Crippen molar-refractivity contribution in [2.45, 2.75) is 20.0 Å². The Labute approximate surface area is 141 Å². The summed E-state index contributed by atoms with van der Waals surface area (Å²) in [5.74, 6) is 0. The Bertz CT molecular complexity index is 61.5. The van der Waals surface area contributed by atoms with E-state index in [1.165, 1.54) is 0 Å². The van der Waals surface area contributed by atoms with Crippen molar-refractivity contribution in [2.24, 2.45) is 0 Å². The fourth-order valence-electron chi connectivity index (χ4n) is 0. The van der Waals surface area contributed by atoms with Gasteiger partial charge >= 0.3 is 98.5 Å². The first kappa shape index (κ1) is 22.8. The van der Waals surface area contributed by atoms with Gasteiger partial charge in [-0.2, -0.15) is 0 Å². The predicted octanol–water partition coefficient (Wildman–Crippen LogP) is -7.35. The molecule has 6 heteroatoms. The van der Waals surface area contributed by atoms with Crippen LogP contribution in [0.25, 0.3) is 0 Å². The molecule has 4 nitrogen and oxygen atoms in total. The van der Waals surface area contributed by atoms with E-state index >= 15 is 0 Å². The summed E-state index contributed by atoms with van der Waals surface area (Å²) in [4.78, 5) is 8.44. The summed E-state index contributed by atoms with van der Waals surface area (Å²) in [5, 5.41) is 24.8. The number of carbonyl (C=O) groups is 1. The number of hydrogen-bond acceptors (Lipinski definition) is 3. The van der Waals surface area contributed by atoms with Crippen LogP contribution in [-0.2, 0) is 0 Å². The molecular formula is C4H8CsNaO4. The van der Waals surface area contributed by atoms with E-state index in [1.807, 2.05) is 0 Å². The Balaban J connectivity index is -0.0000000300. The van der Waals surface area contributed by atoms with Crippen molar-refractivity contribution in [3.63, 3.8) is 0 Å². The molecule has 0 amide bonds. The van der Waals surface area contributed by atoms with Crippen LogP contribution in [0.1, 0.15) is 13.8 Å². The SMILES string of the molecule is CC(C)[O-].O=C([O-])O.[Cs+].[Na+]. The van der Waals surface area contributed by atoms with Crippen LogP contribution in [0.3, 0.4) is 0 Å². The van der Waals surface area contributed by atoms with Crippen molar-refractivity contribution < 1.29 is 119 Å². The summed E-state index contributed by atoms with van der Waals surface area (Å²) in [6.45, 7) is 3.22. The zero-order valence-electron chi connectivity index (χ0n) is 6.75. The number of rotatable bonds is 0. The first-order chi connectivity index (χ1) is 3.46. The van der Waals surface area contributed by atoms with E-state index in [0.29, 0.717) is 0 Å². The molecule has 0 unspecified atom stereocenters. The summed E-state index contributed by atoms with van der Waals surface area (Å²) in [6, 6.07) is 0. The van der Waals surface area contributed by atoms with E-state index in [1.54, 1.807) is 13.8 Å². The monoisotopic (exact) mass is 276 g/mol. The van der Waals surface area contributed by atoms with Gasteiger partial charge in [0.25, 0.3) is 0 Å². The molecule has 0 aromatic rings. The van der Waals surface area contributed by atoms with Gasteiger partial charge in [-0.3, -0.25) is 0 Å². The predicted molar refractivity (Wildman–Crippen MR) is 23.2 cm³/mol. The summed E-state index contributed by atoms with van der Waals surface area (Å²) in [5.41, 5.74) is 0. The topological polar surface area (TPSA) is 83.4 Å². The molecule has 0 spiro atoms. The van der Waals surface area contributed by atoms with Gasteiger partial charge in [0.15, 0.2) is 0 Å². The van der Waals surface area contributed by atoms with Gasteiger partial charge in [0.05, 0.1) is 0 Å². The zero-order valence-corrected chi connectivity index (χ0v) is 15.0. The standard InChI is InChI=1S/C3H7O.CH2O3.Cs.Na/c1-3(2)4;2-1(3)4;;/h3H,1-2H3;(H2,2,3,4);;/q-1;;2*+1/p-1. The second-order valence-electron chi connectivity index (χ2n) is 1.31. The summed E-state index contributed by atoms with van der Waals surface area (Å²) in [7, 11) is 0. The first-order valence-corrected chi connectivity index (χ1v) is 2.02. The minimum Gasteiger partial charge on any atom is -0.852 e. The summed E-state index contributed by atoms with van der Waals surface area (Å²) >= 11 is 0. The molecule has 1 N–H and O–H groups in total. The largest absolute Gasteiger partial charge is 1.00 e. The molecule has 0 aliphatic rings. The molecule has 0 bridgehead atoms. The van der Waals surface area contributed by atoms with Crippen LogP contribution in [0.4, 0.5) is 4.79 Å². The average Bonchev–Trinajstić information content (AvgIpc) is 1.25. The van der Waals surface area contributed by atoms with Crippen LogP contribution >= 0.6 is 0 Å². The average molecular weight is 276 g/mol. The molecule has 0 saturated heterocycles. The van der Waals surface area contributed by atoms with Gasteiger partial charge in [0.2, 0.25) is 6.16 Å². The Morgan fingerprint density at radius 2 is 1.50 bits per heavy atom. The summed E-state index contributed by atoms with van der Waals surface area (Å²) < 4.78 is 0. The van der Waals surface area contributed by atoms with Crippen LogP contribution in [0.15, 0.2) is 0 Å². The van der Waals surface area contributed by atoms with E-state index in [0.717, 1.165) is 0 Å². The molecule has 0 atom stereocenters. The molecule has 10 heavy (non-hydrogen) atoms. The molecule has 0 fully saturated rings. The fourth-order valence-corrected chi connectivity index (χ4v) is 0. The fraction of sp³-hybridized carbons (Fsp3) is 0.750. The smallest absolute Gasteiger partial charge is 0.852 e. The summed E-state index contributed by atoms with van der Waals surface area (Å²) in [6.07, 6.45) is -2.50. The van der Waals surface area contributed by atoms with E-state index < -0.39 is 12.3 Å². The van der Waals surface area contributed by atoms with Crippen molar-refractivity contribution in [2.75, 3.05) is 0 Å². The molecule has 0 aromatic carbocycles. The van der Waals surface area contributed by atoms with Gasteiger partial charge in [-0.05, 0) is 0 Å². The third kappa shape index (κ3) is 170. The molecule has 0 aliphatic carbocycles. The van der Waals surface area contributed by atoms with E-state index in [9.17, 15) is 5.11 Å². The van der Waals surface area contributed by atoms with E-state index in [4.69, 9.17) is 15.0 Å². The zero-order chi connectivity index (χ0) is 7.15. The quantitative estimate of drug-likeness (QED) is 0.446. The van der Waals surface area contributed by atoms with Crippen LogP contribution in [-0.4, -0.2) is 17.4 Å². The van der Waals surface area contributed by atoms with Gasteiger partial charge < -0.3 is 20.1 Å². The van der Waals surface area contributed by atoms with Gasteiger partial charge in [-0.15, -0.1) is 6.10 Å². The van der Waals surface area contributed by atoms with Gasteiger partial charge in [-0.1, -0.05) is 13.8 Å². The maximum atomic E-state index is 9.53. The van der Waals surface area contributed by atoms with Gasteiger partial charge in [-0.25, -0.2) is 0 Å². The van der Waals surface area contributed by atoms with Crippen LogP contribution in [0.5, 0.6) is 0 Å². The second-order valence-corrected chi connectivity index (χ2v) is 1.31. The van der Waals surface area contributed by atoms with Crippen molar-refractivity contribution in [3.05, 3.63) is 0 Å². The van der Waals surface area contributed by atoms with Crippen LogP contribution in [0, 0.1) is 0 Å². The second kappa shape index (κ2) is 17.4. The molecular weight excluding hydrogens is 268 g/mol. The third-order valence-corrected chi connectivity index (χ3v) is 0. The minimum absolute atomic E-state index is 0. The van der Waals surface area contributed by atoms with E-state index in [2.05, 4.69) is 0 Å². The van der Waals surface area contributed by atoms with E-state index in [-0.39, 0.29) is 98.5 Å². The molecule has 0 rings (SSSR count). The Morgan fingerprint density at radius 1 is 1.50 bits per heavy atom. The first-order valence-electron chi connectivity index (χ1n) is 2.02. The maximum absolute atomic E-state index is 9.53. The van der Waals surface area contributed by atoms with Crippen LogP contribution < -0.4 is 109 Å². The van der Waals surface area contributed by atoms with Crippen LogP contribution in [0.2, 0.25) is 0 Å². The van der Waals surface area contributed by atoms with Crippen molar-refractivity contribution in [3.8, 4) is 0 Å². The normalized spacial score (nSPS) is 6.00. The number of hydrogen-bond donors (Lipinski definition) is 1. The van der Waals surface area contributed by atoms with Gasteiger partial charge in [0.1, 0.15) is 0 Å². The number of carboxylic acid groups (broad SMARTS) is 2. The van der Waals surface area contributed by atoms with Crippen molar-refractivity contribution in [1.29, 1.82) is 0 Å².